The molecule has 3 rings (SSSR count). The average molecular weight is 459 g/mol. The molecule has 6 nitrogen and oxygen atoms in total. The lowest BCUT2D eigenvalue weighted by Crippen LogP contribution is -2.40. The van der Waals surface area contributed by atoms with E-state index in [2.05, 4.69) is 9.71 Å². The van der Waals surface area contributed by atoms with Crippen molar-refractivity contribution in [1.82, 2.24) is 9.71 Å². The first kappa shape index (κ1) is 23.1. The molecule has 8 heteroatoms. The van der Waals surface area contributed by atoms with Crippen molar-refractivity contribution in [2.45, 2.75) is 52.2 Å². The molecule has 1 N–H and O–H groups in total. The maximum Gasteiger partial charge on any atom is 0.324 e. The van der Waals surface area contributed by atoms with Crippen molar-refractivity contribution in [2.75, 3.05) is 0 Å². The molecular formula is C23H26N2O4S2. The molecule has 0 unspecified atom stereocenters. The number of aromatic nitrogens is 1. The van der Waals surface area contributed by atoms with Crippen LogP contribution in [0.4, 0.5) is 0 Å². The van der Waals surface area contributed by atoms with Crippen LogP contribution in [-0.4, -0.2) is 25.4 Å². The second kappa shape index (κ2) is 9.30. The number of carbonyl (C=O) groups excluding carboxylic acids is 1. The van der Waals surface area contributed by atoms with Gasteiger partial charge in [-0.05, 0) is 56.9 Å². The van der Waals surface area contributed by atoms with Gasteiger partial charge in [-0.2, -0.15) is 4.72 Å². The zero-order valence-electron chi connectivity index (χ0n) is 18.2. The van der Waals surface area contributed by atoms with E-state index < -0.39 is 22.0 Å². The van der Waals surface area contributed by atoms with Crippen molar-refractivity contribution in [1.29, 1.82) is 0 Å². The van der Waals surface area contributed by atoms with Crippen LogP contribution in [0.3, 0.4) is 0 Å². The lowest BCUT2D eigenvalue weighted by atomic mass is 10.0. The van der Waals surface area contributed by atoms with Crippen LogP contribution >= 0.6 is 11.3 Å². The molecule has 0 aliphatic carbocycles. The summed E-state index contributed by atoms with van der Waals surface area (Å²) in [5, 5.41) is 2.66. The van der Waals surface area contributed by atoms with E-state index in [0.29, 0.717) is 16.8 Å². The molecule has 1 heterocycles. The number of sulfonamides is 1. The quantitative estimate of drug-likeness (QED) is 0.529. The second-order valence-corrected chi connectivity index (χ2v) is 10.1. The smallest absolute Gasteiger partial charge is 0.324 e. The number of carbonyl (C=O) groups is 1. The Balaban J connectivity index is 1.67. The molecule has 3 aromatic rings. The fourth-order valence-corrected chi connectivity index (χ4v) is 5.90. The predicted octanol–water partition coefficient (Wildman–Crippen LogP) is 4.45. The van der Waals surface area contributed by atoms with Gasteiger partial charge < -0.3 is 4.74 Å². The van der Waals surface area contributed by atoms with Gasteiger partial charge in [-0.1, -0.05) is 36.4 Å². The summed E-state index contributed by atoms with van der Waals surface area (Å²) in [5.41, 5.74) is 4.73. The summed E-state index contributed by atoms with van der Waals surface area (Å²) >= 11 is 1.46. The molecule has 0 spiro atoms. The maximum atomic E-state index is 13.0. The van der Waals surface area contributed by atoms with Crippen molar-refractivity contribution < 1.29 is 17.9 Å². The molecule has 1 aromatic heterocycles. The Morgan fingerprint density at radius 2 is 1.71 bits per heavy atom. The van der Waals surface area contributed by atoms with E-state index in [1.807, 2.05) is 55.6 Å². The van der Waals surface area contributed by atoms with Gasteiger partial charge in [0.25, 0.3) is 0 Å². The van der Waals surface area contributed by atoms with Gasteiger partial charge in [-0.15, -0.1) is 11.3 Å². The summed E-state index contributed by atoms with van der Waals surface area (Å²) in [5.74, 6) is -0.655. The monoisotopic (exact) mass is 458 g/mol. The van der Waals surface area contributed by atoms with Gasteiger partial charge in [-0.25, -0.2) is 13.4 Å². The Morgan fingerprint density at radius 1 is 1.10 bits per heavy atom. The molecule has 0 bridgehead atoms. The molecule has 0 fully saturated rings. The van der Waals surface area contributed by atoms with Gasteiger partial charge in [0.15, 0.2) is 0 Å². The predicted molar refractivity (Wildman–Crippen MR) is 123 cm³/mol. The highest BCUT2D eigenvalue weighted by molar-refractivity contribution is 7.89. The minimum Gasteiger partial charge on any atom is -0.458 e. The van der Waals surface area contributed by atoms with Gasteiger partial charge in [-0.3, -0.25) is 4.79 Å². The summed E-state index contributed by atoms with van der Waals surface area (Å²) in [6.45, 7) is 8.74. The van der Waals surface area contributed by atoms with E-state index in [1.165, 1.54) is 18.3 Å². The summed E-state index contributed by atoms with van der Waals surface area (Å²) in [7, 11) is -3.89. The highest BCUT2D eigenvalue weighted by Gasteiger charge is 2.27. The van der Waals surface area contributed by atoms with E-state index in [0.717, 1.165) is 21.7 Å². The fraction of sp³-hybridized carbons (Fsp3) is 0.304. The van der Waals surface area contributed by atoms with Crippen molar-refractivity contribution in [3.05, 3.63) is 69.7 Å². The first-order valence-electron chi connectivity index (χ1n) is 9.86. The molecule has 0 aliphatic rings. The first-order chi connectivity index (χ1) is 14.6. The Kier molecular flexibility index (Phi) is 6.93. The summed E-state index contributed by atoms with van der Waals surface area (Å²) in [6.07, 6.45) is 0. The van der Waals surface area contributed by atoms with Crippen LogP contribution in [0.2, 0.25) is 0 Å². The molecule has 0 saturated heterocycles. The van der Waals surface area contributed by atoms with E-state index in [-0.39, 0.29) is 11.5 Å². The second-order valence-electron chi connectivity index (χ2n) is 7.55. The third kappa shape index (κ3) is 5.20. The van der Waals surface area contributed by atoms with Gasteiger partial charge in [0.2, 0.25) is 10.0 Å². The fourth-order valence-electron chi connectivity index (χ4n) is 3.28. The molecule has 0 aliphatic heterocycles. The zero-order chi connectivity index (χ0) is 22.8. The molecule has 31 heavy (non-hydrogen) atoms. The number of hydrogen-bond acceptors (Lipinski definition) is 6. The normalized spacial score (nSPS) is 12.5. The van der Waals surface area contributed by atoms with E-state index in [4.69, 9.17) is 4.74 Å². The van der Waals surface area contributed by atoms with E-state index >= 15 is 0 Å². The minimum atomic E-state index is -3.89. The first-order valence-corrected chi connectivity index (χ1v) is 12.2. The standard InChI is InChI=1S/C23H26N2O4S2/c1-14-11-15(2)17(4)21(16(14)3)31(27,28)25-18(5)23(26)29-12-20-13-30-22(24-20)19-9-7-6-8-10-19/h6-11,13,18,25H,12H2,1-5H3/t18-/m1/s1. The molecule has 0 saturated carbocycles. The van der Waals surface area contributed by atoms with Crippen LogP contribution in [-0.2, 0) is 26.2 Å². The lowest BCUT2D eigenvalue weighted by Gasteiger charge is -2.18. The van der Waals surface area contributed by atoms with Crippen LogP contribution in [0.15, 0.2) is 46.7 Å². The third-order valence-corrected chi connectivity index (χ3v) is 7.94. The molecule has 164 valence electrons. The number of benzene rings is 2. The molecule has 1 atom stereocenters. The third-order valence-electron chi connectivity index (χ3n) is 5.19. The largest absolute Gasteiger partial charge is 0.458 e. The van der Waals surface area contributed by atoms with Gasteiger partial charge in [0.1, 0.15) is 17.7 Å². The molecule has 2 aromatic carbocycles. The van der Waals surface area contributed by atoms with Gasteiger partial charge >= 0.3 is 5.97 Å². The van der Waals surface area contributed by atoms with Gasteiger partial charge in [0, 0.05) is 10.9 Å². The van der Waals surface area contributed by atoms with Crippen LogP contribution in [0.1, 0.15) is 34.9 Å². The van der Waals surface area contributed by atoms with Crippen molar-refractivity contribution >= 4 is 27.3 Å². The van der Waals surface area contributed by atoms with Crippen LogP contribution < -0.4 is 4.72 Å². The average Bonchev–Trinajstić information content (AvgIpc) is 3.20. The highest BCUT2D eigenvalue weighted by atomic mass is 32.2. The number of thiazole rings is 1. The van der Waals surface area contributed by atoms with Crippen LogP contribution in [0.25, 0.3) is 10.6 Å². The number of ether oxygens (including phenoxy) is 1. The summed E-state index contributed by atoms with van der Waals surface area (Å²) in [4.78, 5) is 17.1. The summed E-state index contributed by atoms with van der Waals surface area (Å²) < 4.78 is 33.8. The Bertz CT molecular complexity index is 1180. The number of rotatable bonds is 7. The number of esters is 1. The van der Waals surface area contributed by atoms with E-state index in [9.17, 15) is 13.2 Å². The molecule has 0 radical (unpaired) electrons. The highest BCUT2D eigenvalue weighted by Crippen LogP contribution is 2.26. The number of nitrogens with one attached hydrogen (secondary N) is 1. The number of hydrogen-bond donors (Lipinski definition) is 1. The van der Waals surface area contributed by atoms with Crippen molar-refractivity contribution in [3.63, 3.8) is 0 Å². The topological polar surface area (TPSA) is 85.4 Å². The lowest BCUT2D eigenvalue weighted by molar-refractivity contribution is -0.146. The molecular weight excluding hydrogens is 432 g/mol. The number of aryl methyl sites for hydroxylation is 2. The Hall–Kier alpha value is -2.55. The summed E-state index contributed by atoms with van der Waals surface area (Å²) in [6, 6.07) is 10.6. The number of nitrogens with zero attached hydrogens (tertiary/aromatic N) is 1. The van der Waals surface area contributed by atoms with E-state index in [1.54, 1.807) is 13.8 Å². The van der Waals surface area contributed by atoms with Crippen molar-refractivity contribution in [3.8, 4) is 10.6 Å². The Labute approximate surface area is 187 Å². The van der Waals surface area contributed by atoms with Gasteiger partial charge in [0.05, 0.1) is 10.6 Å². The Morgan fingerprint density at radius 3 is 2.32 bits per heavy atom. The zero-order valence-corrected chi connectivity index (χ0v) is 19.9. The molecule has 0 amide bonds. The van der Waals surface area contributed by atoms with Crippen molar-refractivity contribution in [2.24, 2.45) is 0 Å². The van der Waals surface area contributed by atoms with Crippen LogP contribution in [0.5, 0.6) is 0 Å². The SMILES string of the molecule is Cc1cc(C)c(C)c(S(=O)(=O)N[C@H](C)C(=O)OCc2csc(-c3ccccc3)n2)c1C. The minimum absolute atomic E-state index is 0.0180. The van der Waals surface area contributed by atoms with Crippen LogP contribution in [0, 0.1) is 27.7 Å². The maximum absolute atomic E-state index is 13.0.